The van der Waals surface area contributed by atoms with Crippen LogP contribution < -0.4 is 4.90 Å². The molecule has 2 amide bonds. The van der Waals surface area contributed by atoms with Crippen LogP contribution in [-0.2, 0) is 16.0 Å². The molecule has 2 aromatic carbocycles. The van der Waals surface area contributed by atoms with Crippen LogP contribution in [0, 0.1) is 13.8 Å². The summed E-state index contributed by atoms with van der Waals surface area (Å²) < 4.78 is 0. The molecule has 2 aliphatic rings. The average molecular weight is 522 g/mol. The number of nitrogens with zero attached hydrogens (tertiary/aromatic N) is 3. The van der Waals surface area contributed by atoms with Gasteiger partial charge >= 0.3 is 0 Å². The molecule has 1 fully saturated rings. The fourth-order valence-corrected chi connectivity index (χ4v) is 6.41. The average Bonchev–Trinajstić information content (AvgIpc) is 3.38. The quantitative estimate of drug-likeness (QED) is 0.437. The molecule has 1 unspecified atom stereocenters. The van der Waals surface area contributed by atoms with Gasteiger partial charge in [-0.25, -0.2) is 0 Å². The second-order valence-corrected chi connectivity index (χ2v) is 11.1. The van der Waals surface area contributed by atoms with Gasteiger partial charge in [0.15, 0.2) is 0 Å². The highest BCUT2D eigenvalue weighted by Gasteiger charge is 2.33. The van der Waals surface area contributed by atoms with Crippen LogP contribution in [0.3, 0.4) is 0 Å². The molecular formula is C29H32ClN3O2S. The number of thiophene rings is 1. The number of amides is 2. The molecule has 1 aromatic heterocycles. The summed E-state index contributed by atoms with van der Waals surface area (Å²) in [5, 5.41) is 2.78. The Kier molecular flexibility index (Phi) is 7.35. The van der Waals surface area contributed by atoms with E-state index in [0.717, 1.165) is 25.1 Å². The third-order valence-corrected chi connectivity index (χ3v) is 8.82. The van der Waals surface area contributed by atoms with Crippen LogP contribution in [0.5, 0.6) is 0 Å². The van der Waals surface area contributed by atoms with Crippen molar-refractivity contribution in [2.45, 2.75) is 39.2 Å². The van der Waals surface area contributed by atoms with Crippen molar-refractivity contribution in [1.29, 1.82) is 0 Å². The monoisotopic (exact) mass is 521 g/mol. The number of piperazine rings is 1. The number of fused-ring (bicyclic) bond motifs is 1. The molecule has 36 heavy (non-hydrogen) atoms. The van der Waals surface area contributed by atoms with Gasteiger partial charge in [0.2, 0.25) is 11.8 Å². The number of hydrogen-bond donors (Lipinski definition) is 0. The Hall–Kier alpha value is -2.83. The Balaban J connectivity index is 1.20. The molecule has 2 aliphatic heterocycles. The molecule has 1 atom stereocenters. The lowest BCUT2D eigenvalue weighted by atomic mass is 9.93. The molecule has 3 aromatic rings. The Bertz CT molecular complexity index is 1250. The minimum Gasteiger partial charge on any atom is -0.368 e. The molecule has 7 heteroatoms. The lowest BCUT2D eigenvalue weighted by molar-refractivity contribution is -0.138. The number of halogens is 1. The second-order valence-electron chi connectivity index (χ2n) is 9.68. The maximum absolute atomic E-state index is 13.4. The van der Waals surface area contributed by atoms with Crippen molar-refractivity contribution in [3.63, 3.8) is 0 Å². The highest BCUT2D eigenvalue weighted by molar-refractivity contribution is 7.10. The highest BCUT2D eigenvalue weighted by atomic mass is 35.5. The molecule has 5 rings (SSSR count). The maximum Gasteiger partial charge on any atom is 0.223 e. The number of anilines is 1. The van der Waals surface area contributed by atoms with Crippen molar-refractivity contribution in [3.05, 3.63) is 86.1 Å². The molecule has 5 nitrogen and oxygen atoms in total. The normalized spacial score (nSPS) is 17.8. The van der Waals surface area contributed by atoms with Crippen molar-refractivity contribution < 1.29 is 9.59 Å². The summed E-state index contributed by atoms with van der Waals surface area (Å²) >= 11 is 7.87. The Morgan fingerprint density at radius 2 is 1.64 bits per heavy atom. The summed E-state index contributed by atoms with van der Waals surface area (Å²) in [5.41, 5.74) is 6.09. The Labute approximate surface area is 222 Å². The van der Waals surface area contributed by atoms with Gasteiger partial charge in [0.1, 0.15) is 0 Å². The van der Waals surface area contributed by atoms with Crippen LogP contribution in [0.4, 0.5) is 5.69 Å². The minimum atomic E-state index is -0.124. The van der Waals surface area contributed by atoms with Crippen molar-refractivity contribution in [2.75, 3.05) is 37.6 Å². The molecule has 1 saturated heterocycles. The fourth-order valence-electron chi connectivity index (χ4n) is 5.38. The van der Waals surface area contributed by atoms with Gasteiger partial charge in [-0.05, 0) is 72.2 Å². The smallest absolute Gasteiger partial charge is 0.223 e. The lowest BCUT2D eigenvalue weighted by Crippen LogP contribution is -2.49. The van der Waals surface area contributed by atoms with E-state index in [0.29, 0.717) is 24.7 Å². The number of hydrogen-bond acceptors (Lipinski definition) is 4. The fraction of sp³-hybridized carbons (Fsp3) is 0.379. The molecular weight excluding hydrogens is 490 g/mol. The van der Waals surface area contributed by atoms with E-state index in [2.05, 4.69) is 48.4 Å². The van der Waals surface area contributed by atoms with E-state index in [9.17, 15) is 9.59 Å². The number of benzene rings is 2. The first kappa shape index (κ1) is 24.8. The summed E-state index contributed by atoms with van der Waals surface area (Å²) in [6.07, 6.45) is 1.35. The van der Waals surface area contributed by atoms with Gasteiger partial charge in [-0.15, -0.1) is 11.3 Å². The van der Waals surface area contributed by atoms with Gasteiger partial charge in [-0.3, -0.25) is 9.59 Å². The first-order chi connectivity index (χ1) is 17.4. The van der Waals surface area contributed by atoms with E-state index in [-0.39, 0.29) is 30.7 Å². The third-order valence-electron chi connectivity index (χ3n) is 7.57. The van der Waals surface area contributed by atoms with Gasteiger partial charge < -0.3 is 14.7 Å². The van der Waals surface area contributed by atoms with Crippen molar-refractivity contribution in [3.8, 4) is 0 Å². The SMILES string of the molecule is Cc1cccc(N2CCN(C(=O)CCC(=O)N3CCc4sccc4C3c3ccc(Cl)cc3)CC2)c1C. The van der Waals surface area contributed by atoms with Crippen molar-refractivity contribution in [2.24, 2.45) is 0 Å². The van der Waals surface area contributed by atoms with Gasteiger partial charge in [-0.2, -0.15) is 0 Å². The summed E-state index contributed by atoms with van der Waals surface area (Å²) in [5.74, 6) is 0.106. The zero-order valence-electron chi connectivity index (χ0n) is 20.9. The number of carbonyl (C=O) groups excluding carboxylic acids is 2. The van der Waals surface area contributed by atoms with Crippen LogP contribution in [-0.4, -0.2) is 54.3 Å². The predicted molar refractivity (Wildman–Crippen MR) is 147 cm³/mol. The third kappa shape index (κ3) is 5.02. The molecule has 0 bridgehead atoms. The van der Waals surface area contributed by atoms with Crippen LogP contribution in [0.15, 0.2) is 53.9 Å². The summed E-state index contributed by atoms with van der Waals surface area (Å²) in [4.78, 5) is 34.0. The maximum atomic E-state index is 13.4. The van der Waals surface area contributed by atoms with Crippen molar-refractivity contribution in [1.82, 2.24) is 9.80 Å². The number of rotatable bonds is 5. The predicted octanol–water partition coefficient (Wildman–Crippen LogP) is 5.62. The Morgan fingerprint density at radius 1 is 0.917 bits per heavy atom. The molecule has 0 aliphatic carbocycles. The van der Waals surface area contributed by atoms with Crippen molar-refractivity contribution >= 4 is 40.4 Å². The lowest BCUT2D eigenvalue weighted by Gasteiger charge is -2.38. The van der Waals surface area contributed by atoms with E-state index in [4.69, 9.17) is 11.6 Å². The minimum absolute atomic E-state index is 0.0363. The van der Waals surface area contributed by atoms with E-state index in [1.165, 1.54) is 27.3 Å². The zero-order valence-corrected chi connectivity index (χ0v) is 22.4. The van der Waals surface area contributed by atoms with E-state index >= 15 is 0 Å². The standard InChI is InChI=1S/C29H32ClN3O2S/c1-20-4-3-5-25(21(20)2)31-15-17-32(18-16-31)27(34)10-11-28(35)33-14-12-26-24(13-19-36-26)29(33)22-6-8-23(30)9-7-22/h3-9,13,19,29H,10-12,14-18H2,1-2H3. The van der Waals surface area contributed by atoms with Gasteiger partial charge in [0, 0.05) is 61.2 Å². The molecule has 3 heterocycles. The number of aryl methyl sites for hydroxylation is 1. The second kappa shape index (κ2) is 10.7. The van der Waals surface area contributed by atoms with E-state index in [1.54, 1.807) is 11.3 Å². The summed E-state index contributed by atoms with van der Waals surface area (Å²) in [7, 11) is 0. The Morgan fingerprint density at radius 3 is 2.39 bits per heavy atom. The zero-order chi connectivity index (χ0) is 25.2. The molecule has 0 saturated carbocycles. The summed E-state index contributed by atoms with van der Waals surface area (Å²) in [6.45, 7) is 7.97. The van der Waals surface area contributed by atoms with E-state index in [1.807, 2.05) is 34.1 Å². The largest absolute Gasteiger partial charge is 0.368 e. The number of carbonyl (C=O) groups is 2. The van der Waals surface area contributed by atoms with Crippen LogP contribution >= 0.6 is 22.9 Å². The molecule has 0 N–H and O–H groups in total. The topological polar surface area (TPSA) is 43.9 Å². The van der Waals surface area contributed by atoms with E-state index < -0.39 is 0 Å². The van der Waals surface area contributed by atoms with Gasteiger partial charge in [0.25, 0.3) is 0 Å². The molecule has 0 spiro atoms. The first-order valence-corrected chi connectivity index (χ1v) is 13.9. The highest BCUT2D eigenvalue weighted by Crippen LogP contribution is 2.38. The van der Waals surface area contributed by atoms with Gasteiger partial charge in [0.05, 0.1) is 6.04 Å². The van der Waals surface area contributed by atoms with Gasteiger partial charge in [-0.1, -0.05) is 35.9 Å². The van der Waals surface area contributed by atoms with Crippen LogP contribution in [0.2, 0.25) is 5.02 Å². The first-order valence-electron chi connectivity index (χ1n) is 12.6. The summed E-state index contributed by atoms with van der Waals surface area (Å²) in [6, 6.07) is 16.1. The van der Waals surface area contributed by atoms with Crippen LogP contribution in [0.1, 0.15) is 46.0 Å². The molecule has 0 radical (unpaired) electrons. The molecule has 188 valence electrons. The van der Waals surface area contributed by atoms with Crippen LogP contribution in [0.25, 0.3) is 0 Å².